The summed E-state index contributed by atoms with van der Waals surface area (Å²) >= 11 is 13.1. The Bertz CT molecular complexity index is 600. The molecule has 0 aromatic heterocycles. The molecule has 0 atom stereocenters. The molecule has 0 saturated heterocycles. The van der Waals surface area contributed by atoms with E-state index in [1.54, 1.807) is 0 Å². The molecule has 0 spiro atoms. The Morgan fingerprint density at radius 1 is 1.11 bits per heavy atom. The predicted octanol–water partition coefficient (Wildman–Crippen LogP) is 5.50. The zero-order valence-corrected chi connectivity index (χ0v) is 13.5. The summed E-state index contributed by atoms with van der Waals surface area (Å²) in [6.45, 7) is 1.96. The first-order valence-electron chi connectivity index (χ1n) is 5.25. The summed E-state index contributed by atoms with van der Waals surface area (Å²) in [6.07, 6.45) is 0. The number of halogens is 3. The number of hydrogen-bond donors (Lipinski definition) is 2. The van der Waals surface area contributed by atoms with Crippen molar-refractivity contribution in [2.45, 2.75) is 6.92 Å². The van der Waals surface area contributed by atoms with Gasteiger partial charge in [0.05, 0.1) is 17.1 Å². The Kier molecular flexibility index (Phi) is 4.20. The molecule has 0 aliphatic carbocycles. The van der Waals surface area contributed by atoms with Crippen molar-refractivity contribution in [2.24, 2.45) is 0 Å². The third-order valence-electron chi connectivity index (χ3n) is 2.53. The maximum absolute atomic E-state index is 6.12. The molecule has 0 heterocycles. The van der Waals surface area contributed by atoms with Crippen molar-refractivity contribution in [1.82, 2.24) is 0 Å². The quantitative estimate of drug-likeness (QED) is 0.665. The van der Waals surface area contributed by atoms with E-state index in [4.69, 9.17) is 17.3 Å². The van der Waals surface area contributed by atoms with E-state index < -0.39 is 0 Å². The lowest BCUT2D eigenvalue weighted by molar-refractivity contribution is 1.43. The molecular formula is C13H11Br2ClN2. The van der Waals surface area contributed by atoms with Gasteiger partial charge in [0.1, 0.15) is 0 Å². The van der Waals surface area contributed by atoms with Gasteiger partial charge in [-0.15, -0.1) is 0 Å². The summed E-state index contributed by atoms with van der Waals surface area (Å²) < 4.78 is 1.91. The van der Waals surface area contributed by atoms with E-state index >= 15 is 0 Å². The van der Waals surface area contributed by atoms with Crippen LogP contribution in [0.5, 0.6) is 0 Å². The summed E-state index contributed by atoms with van der Waals surface area (Å²) in [6, 6.07) is 9.52. The lowest BCUT2D eigenvalue weighted by Gasteiger charge is -2.13. The largest absolute Gasteiger partial charge is 0.397 e. The van der Waals surface area contributed by atoms with E-state index in [9.17, 15) is 0 Å². The first-order chi connectivity index (χ1) is 8.47. The molecule has 2 aromatic rings. The van der Waals surface area contributed by atoms with E-state index in [-0.39, 0.29) is 0 Å². The van der Waals surface area contributed by atoms with Crippen molar-refractivity contribution in [1.29, 1.82) is 0 Å². The lowest BCUT2D eigenvalue weighted by Crippen LogP contribution is -1.97. The molecule has 2 aromatic carbocycles. The summed E-state index contributed by atoms with van der Waals surface area (Å²) in [4.78, 5) is 0. The van der Waals surface area contributed by atoms with E-state index in [1.165, 1.54) is 0 Å². The van der Waals surface area contributed by atoms with E-state index in [0.29, 0.717) is 10.7 Å². The average molecular weight is 391 g/mol. The molecule has 94 valence electrons. The van der Waals surface area contributed by atoms with Gasteiger partial charge in [-0.2, -0.15) is 0 Å². The minimum Gasteiger partial charge on any atom is -0.397 e. The Morgan fingerprint density at radius 2 is 1.83 bits per heavy atom. The molecule has 0 aliphatic rings. The van der Waals surface area contributed by atoms with Gasteiger partial charge < -0.3 is 11.1 Å². The summed E-state index contributed by atoms with van der Waals surface area (Å²) in [5.74, 6) is 0. The molecule has 3 N–H and O–H groups in total. The zero-order chi connectivity index (χ0) is 13.3. The fourth-order valence-electron chi connectivity index (χ4n) is 1.52. The topological polar surface area (TPSA) is 38.0 Å². The van der Waals surface area contributed by atoms with Gasteiger partial charge in [0.2, 0.25) is 0 Å². The fraction of sp³-hybridized carbons (Fsp3) is 0.0769. The van der Waals surface area contributed by atoms with Crippen LogP contribution in [0.15, 0.2) is 39.3 Å². The molecule has 2 nitrogen and oxygen atoms in total. The molecule has 0 bridgehead atoms. The van der Waals surface area contributed by atoms with E-state index in [0.717, 1.165) is 25.9 Å². The van der Waals surface area contributed by atoms with Gasteiger partial charge in [0.25, 0.3) is 0 Å². The normalized spacial score (nSPS) is 10.4. The minimum atomic E-state index is 0.682. The monoisotopic (exact) mass is 388 g/mol. The van der Waals surface area contributed by atoms with Crippen molar-refractivity contribution in [3.05, 3.63) is 49.9 Å². The predicted molar refractivity (Wildman–Crippen MR) is 85.7 cm³/mol. The number of benzene rings is 2. The highest BCUT2D eigenvalue weighted by molar-refractivity contribution is 9.10. The number of nitrogens with two attached hydrogens (primary N) is 1. The van der Waals surface area contributed by atoms with Crippen molar-refractivity contribution in [2.75, 3.05) is 11.1 Å². The van der Waals surface area contributed by atoms with Gasteiger partial charge in [-0.25, -0.2) is 0 Å². The average Bonchev–Trinajstić information content (AvgIpc) is 2.30. The Morgan fingerprint density at radius 3 is 2.56 bits per heavy atom. The number of nitrogens with one attached hydrogen (secondary N) is 1. The number of hydrogen-bond acceptors (Lipinski definition) is 2. The molecule has 2 rings (SSSR count). The van der Waals surface area contributed by atoms with Crippen LogP contribution in [0, 0.1) is 6.92 Å². The second-order valence-electron chi connectivity index (χ2n) is 3.94. The van der Waals surface area contributed by atoms with Gasteiger partial charge in [0.15, 0.2) is 0 Å². The molecule has 0 radical (unpaired) electrons. The second kappa shape index (κ2) is 5.51. The zero-order valence-electron chi connectivity index (χ0n) is 9.60. The van der Waals surface area contributed by atoms with Crippen LogP contribution in [-0.4, -0.2) is 0 Å². The Balaban J connectivity index is 2.40. The van der Waals surface area contributed by atoms with E-state index in [2.05, 4.69) is 37.2 Å². The van der Waals surface area contributed by atoms with Crippen LogP contribution in [0.4, 0.5) is 17.1 Å². The highest BCUT2D eigenvalue weighted by Crippen LogP contribution is 2.33. The molecule has 5 heteroatoms. The highest BCUT2D eigenvalue weighted by atomic mass is 79.9. The maximum atomic E-state index is 6.12. The van der Waals surface area contributed by atoms with Crippen LogP contribution in [0.25, 0.3) is 0 Å². The number of nitrogen functional groups attached to an aromatic ring is 1. The summed E-state index contributed by atoms with van der Waals surface area (Å²) in [5, 5.41) is 3.98. The Hall–Kier alpha value is -0.710. The van der Waals surface area contributed by atoms with Gasteiger partial charge in [-0.3, -0.25) is 0 Å². The highest BCUT2D eigenvalue weighted by Gasteiger charge is 2.07. The molecule has 0 unspecified atom stereocenters. The smallest absolute Gasteiger partial charge is 0.0629 e. The van der Waals surface area contributed by atoms with Crippen molar-refractivity contribution >= 4 is 60.5 Å². The molecule has 0 amide bonds. The number of anilines is 3. The van der Waals surface area contributed by atoms with Crippen LogP contribution in [0.3, 0.4) is 0 Å². The summed E-state index contributed by atoms with van der Waals surface area (Å²) in [7, 11) is 0. The third-order valence-corrected chi connectivity index (χ3v) is 4.09. The Labute approximate surface area is 128 Å². The van der Waals surface area contributed by atoms with Gasteiger partial charge in [-0.1, -0.05) is 27.5 Å². The first-order valence-corrected chi connectivity index (χ1v) is 7.21. The standard InChI is InChI=1S/C13H11Br2ClN2/c1-7-4-9(15)12(6-10(7)16)18-13-5-8(14)2-3-11(13)17/h2-6,18H,17H2,1H3. The van der Waals surface area contributed by atoms with Crippen LogP contribution < -0.4 is 11.1 Å². The first kappa shape index (κ1) is 13.7. The van der Waals surface area contributed by atoms with Crippen molar-refractivity contribution < 1.29 is 0 Å². The van der Waals surface area contributed by atoms with Gasteiger partial charge >= 0.3 is 0 Å². The van der Waals surface area contributed by atoms with Crippen LogP contribution >= 0.6 is 43.5 Å². The van der Waals surface area contributed by atoms with Crippen molar-refractivity contribution in [3.63, 3.8) is 0 Å². The third kappa shape index (κ3) is 2.99. The molecule has 0 fully saturated rings. The number of aryl methyl sites for hydroxylation is 1. The molecule has 0 saturated carbocycles. The molecule has 18 heavy (non-hydrogen) atoms. The minimum absolute atomic E-state index is 0.682. The number of rotatable bonds is 2. The van der Waals surface area contributed by atoms with Gasteiger partial charge in [-0.05, 0) is 58.7 Å². The van der Waals surface area contributed by atoms with Crippen LogP contribution in [0.1, 0.15) is 5.56 Å². The summed E-state index contributed by atoms with van der Waals surface area (Å²) in [5.41, 5.74) is 9.35. The molecule has 0 aliphatic heterocycles. The van der Waals surface area contributed by atoms with Gasteiger partial charge in [0, 0.05) is 14.0 Å². The maximum Gasteiger partial charge on any atom is 0.0629 e. The van der Waals surface area contributed by atoms with Crippen LogP contribution in [0.2, 0.25) is 5.02 Å². The second-order valence-corrected chi connectivity index (χ2v) is 6.12. The molecular weight excluding hydrogens is 379 g/mol. The van der Waals surface area contributed by atoms with Crippen LogP contribution in [-0.2, 0) is 0 Å². The SMILES string of the molecule is Cc1cc(Br)c(Nc2cc(Br)ccc2N)cc1Cl. The fourth-order valence-corrected chi connectivity index (χ4v) is 2.61. The lowest BCUT2D eigenvalue weighted by atomic mass is 10.2. The van der Waals surface area contributed by atoms with Crippen molar-refractivity contribution in [3.8, 4) is 0 Å². The van der Waals surface area contributed by atoms with E-state index in [1.807, 2.05) is 37.3 Å².